The molecule has 2 aromatic carbocycles. The lowest BCUT2D eigenvalue weighted by Crippen LogP contribution is -2.45. The number of nitrogens with zero attached hydrogens (tertiary/aromatic N) is 1. The Labute approximate surface area is 190 Å². The highest BCUT2D eigenvalue weighted by Crippen LogP contribution is 2.39. The highest BCUT2D eigenvalue weighted by molar-refractivity contribution is 6.74. The molecule has 0 aromatic heterocycles. The maximum Gasteiger partial charge on any atom is 0.192 e. The monoisotopic (exact) mass is 439 g/mol. The highest BCUT2D eigenvalue weighted by atomic mass is 28.4. The van der Waals surface area contributed by atoms with Crippen LogP contribution in [0.25, 0.3) is 0 Å². The van der Waals surface area contributed by atoms with Gasteiger partial charge in [-0.05, 0) is 36.2 Å². The largest absolute Gasteiger partial charge is 0.414 e. The molecule has 0 N–H and O–H groups in total. The Morgan fingerprint density at radius 3 is 2.16 bits per heavy atom. The standard InChI is InChI=1S/C27H41NO2Si/c1-7-29-26(21-30-31(5,6)27(2,3)4)25-20-28(18-22-14-10-8-11-15-22)19-24(25)23-16-12-9-13-17-23/h8-17,24-26H,7,18-21H2,1-6H3/t24-,25+,26+/m1/s1. The predicted molar refractivity (Wildman–Crippen MR) is 133 cm³/mol. The van der Waals surface area contributed by atoms with Gasteiger partial charge in [-0.2, -0.15) is 0 Å². The number of hydrogen-bond acceptors (Lipinski definition) is 3. The zero-order chi connectivity index (χ0) is 22.5. The lowest BCUT2D eigenvalue weighted by molar-refractivity contribution is -0.0152. The molecule has 1 aliphatic heterocycles. The lowest BCUT2D eigenvalue weighted by Gasteiger charge is -2.38. The molecular weight excluding hydrogens is 398 g/mol. The molecule has 1 saturated heterocycles. The third-order valence-electron chi connectivity index (χ3n) is 7.19. The van der Waals surface area contributed by atoms with Crippen molar-refractivity contribution in [1.82, 2.24) is 4.90 Å². The summed E-state index contributed by atoms with van der Waals surface area (Å²) < 4.78 is 13.0. The summed E-state index contributed by atoms with van der Waals surface area (Å²) in [4.78, 5) is 2.59. The summed E-state index contributed by atoms with van der Waals surface area (Å²) in [6.45, 7) is 18.2. The summed E-state index contributed by atoms with van der Waals surface area (Å²) >= 11 is 0. The van der Waals surface area contributed by atoms with E-state index in [1.807, 2.05) is 0 Å². The van der Waals surface area contributed by atoms with E-state index in [4.69, 9.17) is 9.16 Å². The fourth-order valence-corrected chi connectivity index (χ4v) is 5.34. The van der Waals surface area contributed by atoms with Gasteiger partial charge in [-0.25, -0.2) is 0 Å². The van der Waals surface area contributed by atoms with Gasteiger partial charge in [0.15, 0.2) is 8.32 Å². The van der Waals surface area contributed by atoms with Gasteiger partial charge in [-0.15, -0.1) is 0 Å². The minimum absolute atomic E-state index is 0.116. The van der Waals surface area contributed by atoms with E-state index in [9.17, 15) is 0 Å². The molecule has 170 valence electrons. The second kappa shape index (κ2) is 10.4. The SMILES string of the molecule is CCO[C@@H](CO[Si](C)(C)C(C)(C)C)[C@H]1CN(Cc2ccccc2)C[C@@H]1c1ccccc1. The fraction of sp³-hybridized carbons (Fsp3) is 0.556. The van der Waals surface area contributed by atoms with E-state index < -0.39 is 8.32 Å². The Morgan fingerprint density at radius 2 is 1.58 bits per heavy atom. The second-order valence-electron chi connectivity index (χ2n) is 10.4. The van der Waals surface area contributed by atoms with E-state index in [1.54, 1.807) is 0 Å². The van der Waals surface area contributed by atoms with Gasteiger partial charge in [0.2, 0.25) is 0 Å². The van der Waals surface area contributed by atoms with Crippen LogP contribution < -0.4 is 0 Å². The van der Waals surface area contributed by atoms with E-state index in [0.29, 0.717) is 18.4 Å². The fourth-order valence-electron chi connectivity index (χ4n) is 4.33. The van der Waals surface area contributed by atoms with Crippen molar-refractivity contribution in [3.05, 3.63) is 71.8 Å². The quantitative estimate of drug-likeness (QED) is 0.426. The summed E-state index contributed by atoms with van der Waals surface area (Å²) in [6.07, 6.45) is 0.116. The summed E-state index contributed by atoms with van der Waals surface area (Å²) in [6, 6.07) is 21.8. The minimum atomic E-state index is -1.82. The molecule has 0 amide bonds. The van der Waals surface area contributed by atoms with Crippen molar-refractivity contribution in [1.29, 1.82) is 0 Å². The molecule has 0 spiro atoms. The zero-order valence-corrected chi connectivity index (χ0v) is 21.3. The normalized spacial score (nSPS) is 21.4. The molecule has 3 nitrogen and oxygen atoms in total. The van der Waals surface area contributed by atoms with Crippen LogP contribution in [0.2, 0.25) is 18.1 Å². The third kappa shape index (κ3) is 6.29. The first-order valence-electron chi connectivity index (χ1n) is 11.8. The molecule has 4 heteroatoms. The number of rotatable bonds is 9. The first-order chi connectivity index (χ1) is 14.7. The van der Waals surface area contributed by atoms with Gasteiger partial charge in [0, 0.05) is 38.1 Å². The van der Waals surface area contributed by atoms with Crippen LogP contribution in [0.4, 0.5) is 0 Å². The van der Waals surface area contributed by atoms with E-state index >= 15 is 0 Å². The Morgan fingerprint density at radius 1 is 0.968 bits per heavy atom. The van der Waals surface area contributed by atoms with E-state index in [2.05, 4.69) is 106 Å². The number of hydrogen-bond donors (Lipinski definition) is 0. The van der Waals surface area contributed by atoms with E-state index in [-0.39, 0.29) is 11.1 Å². The minimum Gasteiger partial charge on any atom is -0.414 e. The van der Waals surface area contributed by atoms with Crippen LogP contribution in [0.1, 0.15) is 44.7 Å². The summed E-state index contributed by atoms with van der Waals surface area (Å²) in [5.74, 6) is 0.889. The molecular formula is C27H41NO2Si. The Bertz CT molecular complexity index is 788. The molecule has 3 rings (SSSR count). The predicted octanol–water partition coefficient (Wildman–Crippen LogP) is 6.33. The Hall–Kier alpha value is -1.46. The van der Waals surface area contributed by atoms with Crippen molar-refractivity contribution in [2.24, 2.45) is 5.92 Å². The van der Waals surface area contributed by atoms with Crippen LogP contribution in [0.3, 0.4) is 0 Å². The van der Waals surface area contributed by atoms with Gasteiger partial charge in [0.1, 0.15) is 0 Å². The molecule has 0 bridgehead atoms. The molecule has 0 unspecified atom stereocenters. The van der Waals surface area contributed by atoms with Gasteiger partial charge in [-0.3, -0.25) is 4.90 Å². The van der Waals surface area contributed by atoms with Crippen molar-refractivity contribution in [2.45, 2.75) is 64.4 Å². The van der Waals surface area contributed by atoms with Gasteiger partial charge in [-0.1, -0.05) is 81.4 Å². The Balaban J connectivity index is 1.80. The van der Waals surface area contributed by atoms with Gasteiger partial charge in [0.05, 0.1) is 12.7 Å². The van der Waals surface area contributed by atoms with E-state index in [0.717, 1.165) is 26.2 Å². The molecule has 3 atom stereocenters. The molecule has 1 fully saturated rings. The topological polar surface area (TPSA) is 21.7 Å². The van der Waals surface area contributed by atoms with Crippen molar-refractivity contribution < 1.29 is 9.16 Å². The number of ether oxygens (including phenoxy) is 1. The van der Waals surface area contributed by atoms with Crippen molar-refractivity contribution in [3.8, 4) is 0 Å². The molecule has 1 aliphatic rings. The van der Waals surface area contributed by atoms with Crippen LogP contribution >= 0.6 is 0 Å². The smallest absolute Gasteiger partial charge is 0.192 e. The number of likely N-dealkylation sites (tertiary alicyclic amines) is 1. The zero-order valence-electron chi connectivity index (χ0n) is 20.3. The van der Waals surface area contributed by atoms with Crippen molar-refractivity contribution >= 4 is 8.32 Å². The number of benzene rings is 2. The van der Waals surface area contributed by atoms with Crippen molar-refractivity contribution in [3.63, 3.8) is 0 Å². The average Bonchev–Trinajstić information content (AvgIpc) is 3.15. The van der Waals surface area contributed by atoms with Crippen LogP contribution in [0, 0.1) is 5.92 Å². The maximum atomic E-state index is 6.65. The van der Waals surface area contributed by atoms with Crippen LogP contribution in [0.5, 0.6) is 0 Å². The molecule has 1 heterocycles. The molecule has 31 heavy (non-hydrogen) atoms. The molecule has 0 saturated carbocycles. The van der Waals surface area contributed by atoms with Crippen LogP contribution in [-0.4, -0.2) is 45.6 Å². The summed E-state index contributed by atoms with van der Waals surface area (Å²) in [7, 11) is -1.82. The summed E-state index contributed by atoms with van der Waals surface area (Å²) in [5.41, 5.74) is 2.79. The average molecular weight is 440 g/mol. The Kier molecular flexibility index (Phi) is 8.14. The van der Waals surface area contributed by atoms with Crippen molar-refractivity contribution in [2.75, 3.05) is 26.3 Å². The lowest BCUT2D eigenvalue weighted by atomic mass is 9.85. The first-order valence-corrected chi connectivity index (χ1v) is 14.7. The maximum absolute atomic E-state index is 6.65. The highest BCUT2D eigenvalue weighted by Gasteiger charge is 2.42. The molecule has 2 aromatic rings. The first kappa shape index (κ1) is 24.2. The third-order valence-corrected chi connectivity index (χ3v) is 11.7. The van der Waals surface area contributed by atoms with Gasteiger partial charge >= 0.3 is 0 Å². The van der Waals surface area contributed by atoms with Crippen LogP contribution in [-0.2, 0) is 15.7 Å². The summed E-state index contributed by atoms with van der Waals surface area (Å²) in [5, 5.41) is 0.206. The van der Waals surface area contributed by atoms with E-state index in [1.165, 1.54) is 11.1 Å². The van der Waals surface area contributed by atoms with Gasteiger partial charge < -0.3 is 9.16 Å². The second-order valence-corrected chi connectivity index (χ2v) is 15.2. The molecule has 0 radical (unpaired) electrons. The molecule has 0 aliphatic carbocycles. The van der Waals surface area contributed by atoms with Gasteiger partial charge in [0.25, 0.3) is 0 Å². The van der Waals surface area contributed by atoms with Crippen LogP contribution in [0.15, 0.2) is 60.7 Å².